The summed E-state index contributed by atoms with van der Waals surface area (Å²) in [6.07, 6.45) is -1.39. The third-order valence-corrected chi connectivity index (χ3v) is 1.99. The summed E-state index contributed by atoms with van der Waals surface area (Å²) in [4.78, 5) is 12.5. The number of aliphatic hydroxyl groups is 2. The van der Waals surface area contributed by atoms with E-state index in [1.54, 1.807) is 14.1 Å². The fourth-order valence-corrected chi connectivity index (χ4v) is 0.971. The Morgan fingerprint density at radius 1 is 1.38 bits per heavy atom. The Labute approximate surface area is 83.1 Å². The molecule has 1 amide bonds. The predicted molar refractivity (Wildman–Crippen MR) is 50.7 cm³/mol. The molecular weight excluding hydrogens is 194 g/mol. The molecule has 78 valence electrons. The molecule has 2 N–H and O–H groups in total. The van der Waals surface area contributed by atoms with Gasteiger partial charge < -0.3 is 15.1 Å². The zero-order chi connectivity index (χ0) is 10.4. The van der Waals surface area contributed by atoms with Gasteiger partial charge in [-0.3, -0.25) is 4.79 Å². The van der Waals surface area contributed by atoms with E-state index in [2.05, 4.69) is 0 Å². The molecule has 2 atom stereocenters. The van der Waals surface area contributed by atoms with Gasteiger partial charge in [0.05, 0.1) is 18.6 Å². The van der Waals surface area contributed by atoms with Crippen molar-refractivity contribution in [3.63, 3.8) is 0 Å². The number of alkyl halides is 1. The number of aliphatic hydroxyl groups excluding tert-OH is 2. The third kappa shape index (κ3) is 5.85. The van der Waals surface area contributed by atoms with E-state index in [0.29, 0.717) is 0 Å². The Hall–Kier alpha value is -0.320. The second-order valence-corrected chi connectivity index (χ2v) is 3.50. The molecule has 0 saturated carbocycles. The first-order valence-electron chi connectivity index (χ1n) is 4.09. The van der Waals surface area contributed by atoms with Crippen LogP contribution in [0.5, 0.6) is 0 Å². The molecule has 0 aliphatic rings. The predicted octanol–water partition coefficient (Wildman–Crippen LogP) is -0.185. The maximum absolute atomic E-state index is 11.1. The molecule has 0 radical (unpaired) electrons. The molecule has 0 unspecified atom stereocenters. The Kier molecular flexibility index (Phi) is 6.03. The topological polar surface area (TPSA) is 60.8 Å². The van der Waals surface area contributed by atoms with E-state index in [9.17, 15) is 9.90 Å². The van der Waals surface area contributed by atoms with Gasteiger partial charge >= 0.3 is 0 Å². The number of carbonyl (C=O) groups is 1. The van der Waals surface area contributed by atoms with E-state index < -0.39 is 12.2 Å². The fourth-order valence-electron chi connectivity index (χ4n) is 0.845. The highest BCUT2D eigenvalue weighted by molar-refractivity contribution is 6.18. The molecule has 0 bridgehead atoms. The number of hydrogen-bond donors (Lipinski definition) is 2. The Morgan fingerprint density at radius 3 is 2.31 bits per heavy atom. The van der Waals surface area contributed by atoms with Crippen LogP contribution in [0.4, 0.5) is 0 Å². The van der Waals surface area contributed by atoms with Gasteiger partial charge in [-0.1, -0.05) is 0 Å². The smallest absolute Gasteiger partial charge is 0.224 e. The van der Waals surface area contributed by atoms with Gasteiger partial charge in [0.1, 0.15) is 0 Å². The number of rotatable bonds is 5. The summed E-state index contributed by atoms with van der Waals surface area (Å²) in [7, 11) is 3.24. The minimum absolute atomic E-state index is 0.0287. The van der Waals surface area contributed by atoms with Crippen LogP contribution in [0.1, 0.15) is 12.8 Å². The molecular formula is C8H16ClNO3. The highest BCUT2D eigenvalue weighted by atomic mass is 35.5. The minimum atomic E-state index is -0.816. The summed E-state index contributed by atoms with van der Waals surface area (Å²) in [6, 6.07) is 0. The van der Waals surface area contributed by atoms with Gasteiger partial charge in [0.2, 0.25) is 5.91 Å². The average Bonchev–Trinajstić information content (AvgIpc) is 2.03. The SMILES string of the molecule is CN(C)C(=O)C[C@H](O)C[C@H](O)CCl. The lowest BCUT2D eigenvalue weighted by molar-refractivity contribution is -0.131. The lowest BCUT2D eigenvalue weighted by atomic mass is 10.1. The van der Waals surface area contributed by atoms with Gasteiger partial charge in [0.25, 0.3) is 0 Å². The van der Waals surface area contributed by atoms with Crippen LogP contribution in [0.3, 0.4) is 0 Å². The molecule has 0 spiro atoms. The first-order chi connectivity index (χ1) is 5.97. The van der Waals surface area contributed by atoms with Crippen LogP contribution in [0.15, 0.2) is 0 Å². The Morgan fingerprint density at radius 2 is 1.92 bits per heavy atom. The highest BCUT2D eigenvalue weighted by Gasteiger charge is 2.15. The van der Waals surface area contributed by atoms with Crippen molar-refractivity contribution >= 4 is 17.5 Å². The monoisotopic (exact) mass is 209 g/mol. The van der Waals surface area contributed by atoms with Crippen LogP contribution in [-0.2, 0) is 4.79 Å². The van der Waals surface area contributed by atoms with Crippen molar-refractivity contribution in [2.75, 3.05) is 20.0 Å². The zero-order valence-electron chi connectivity index (χ0n) is 7.90. The molecule has 0 fully saturated rings. The first-order valence-corrected chi connectivity index (χ1v) is 4.63. The second kappa shape index (κ2) is 6.18. The van der Waals surface area contributed by atoms with Crippen molar-refractivity contribution in [3.05, 3.63) is 0 Å². The zero-order valence-corrected chi connectivity index (χ0v) is 8.66. The summed E-state index contributed by atoms with van der Waals surface area (Å²) in [5.41, 5.74) is 0. The molecule has 0 heterocycles. The van der Waals surface area contributed by atoms with E-state index >= 15 is 0 Å². The van der Waals surface area contributed by atoms with E-state index in [1.807, 2.05) is 0 Å². The quantitative estimate of drug-likeness (QED) is 0.618. The molecule has 0 saturated heterocycles. The number of halogens is 1. The number of nitrogens with zero attached hydrogens (tertiary/aromatic N) is 1. The van der Waals surface area contributed by atoms with Crippen LogP contribution in [-0.4, -0.2) is 53.2 Å². The molecule has 0 aliphatic carbocycles. The summed E-state index contributed by atoms with van der Waals surface area (Å²) < 4.78 is 0. The molecule has 0 rings (SSSR count). The minimum Gasteiger partial charge on any atom is -0.392 e. The van der Waals surface area contributed by atoms with Crippen LogP contribution >= 0.6 is 11.6 Å². The largest absolute Gasteiger partial charge is 0.392 e. The Balaban J connectivity index is 3.74. The standard InChI is InChI=1S/C8H16ClNO3/c1-10(2)8(13)4-6(11)3-7(12)5-9/h6-7,11-12H,3-5H2,1-2H3/t6-,7+/m1/s1. The molecule has 0 aromatic heterocycles. The summed E-state index contributed by atoms with van der Waals surface area (Å²) in [5, 5.41) is 18.4. The third-order valence-electron chi connectivity index (χ3n) is 1.63. The van der Waals surface area contributed by atoms with Crippen molar-refractivity contribution in [2.45, 2.75) is 25.0 Å². The van der Waals surface area contributed by atoms with Gasteiger partial charge in [0.15, 0.2) is 0 Å². The van der Waals surface area contributed by atoms with Crippen LogP contribution in [0.2, 0.25) is 0 Å². The maximum atomic E-state index is 11.1. The average molecular weight is 210 g/mol. The van der Waals surface area contributed by atoms with E-state index in [-0.39, 0.29) is 24.6 Å². The molecule has 0 aromatic carbocycles. The summed E-state index contributed by atoms with van der Waals surface area (Å²) in [6.45, 7) is 0. The lowest BCUT2D eigenvalue weighted by Crippen LogP contribution is -2.28. The molecule has 5 heteroatoms. The van der Waals surface area contributed by atoms with Crippen molar-refractivity contribution in [2.24, 2.45) is 0 Å². The van der Waals surface area contributed by atoms with Crippen molar-refractivity contribution in [1.82, 2.24) is 4.90 Å². The van der Waals surface area contributed by atoms with Crippen LogP contribution in [0.25, 0.3) is 0 Å². The van der Waals surface area contributed by atoms with E-state index in [0.717, 1.165) is 0 Å². The lowest BCUT2D eigenvalue weighted by Gasteiger charge is -2.15. The number of amides is 1. The van der Waals surface area contributed by atoms with E-state index in [4.69, 9.17) is 16.7 Å². The maximum Gasteiger partial charge on any atom is 0.224 e. The van der Waals surface area contributed by atoms with Crippen molar-refractivity contribution in [3.8, 4) is 0 Å². The van der Waals surface area contributed by atoms with Gasteiger partial charge in [-0.15, -0.1) is 11.6 Å². The Bertz CT molecular complexity index is 163. The first kappa shape index (κ1) is 12.7. The van der Waals surface area contributed by atoms with Gasteiger partial charge in [0, 0.05) is 26.4 Å². The normalized spacial score (nSPS) is 15.2. The summed E-state index contributed by atoms with van der Waals surface area (Å²) in [5.74, 6) is -0.0815. The highest BCUT2D eigenvalue weighted by Crippen LogP contribution is 2.05. The molecule has 4 nitrogen and oxygen atoms in total. The van der Waals surface area contributed by atoms with Gasteiger partial charge in [-0.25, -0.2) is 0 Å². The van der Waals surface area contributed by atoms with Crippen LogP contribution in [0, 0.1) is 0 Å². The van der Waals surface area contributed by atoms with Gasteiger partial charge in [-0.2, -0.15) is 0 Å². The fraction of sp³-hybridized carbons (Fsp3) is 0.875. The number of hydrogen-bond acceptors (Lipinski definition) is 3. The second-order valence-electron chi connectivity index (χ2n) is 3.19. The molecule has 13 heavy (non-hydrogen) atoms. The summed E-state index contributed by atoms with van der Waals surface area (Å²) >= 11 is 5.34. The molecule has 0 aliphatic heterocycles. The van der Waals surface area contributed by atoms with Crippen molar-refractivity contribution in [1.29, 1.82) is 0 Å². The molecule has 0 aromatic rings. The van der Waals surface area contributed by atoms with Crippen LogP contribution < -0.4 is 0 Å². The van der Waals surface area contributed by atoms with E-state index in [1.165, 1.54) is 4.90 Å². The van der Waals surface area contributed by atoms with Crippen molar-refractivity contribution < 1.29 is 15.0 Å². The number of carbonyl (C=O) groups excluding carboxylic acids is 1. The van der Waals surface area contributed by atoms with Gasteiger partial charge in [-0.05, 0) is 0 Å².